The minimum atomic E-state index is 0.144. The molecule has 0 amide bonds. The number of likely N-dealkylation sites (N-methyl/N-ethyl adjacent to an activating group) is 1. The first-order valence-corrected chi connectivity index (χ1v) is 10.4. The molecule has 1 saturated heterocycles. The molecule has 2 atom stereocenters. The Hall–Kier alpha value is -1.22. The first-order valence-electron chi connectivity index (χ1n) is 10.0. The number of halogens is 1. The van der Waals surface area contributed by atoms with Crippen molar-refractivity contribution < 1.29 is 0 Å². The van der Waals surface area contributed by atoms with Crippen LogP contribution in [0.4, 0.5) is 0 Å². The van der Waals surface area contributed by atoms with Crippen molar-refractivity contribution in [2.24, 2.45) is 0 Å². The minimum absolute atomic E-state index is 0.144. The van der Waals surface area contributed by atoms with Crippen molar-refractivity contribution in [2.45, 2.75) is 43.1 Å². The Kier molecular flexibility index (Phi) is 4.73. The smallest absolute Gasteiger partial charge is 0.118 e. The molecule has 0 saturated carbocycles. The zero-order valence-electron chi connectivity index (χ0n) is 17.2. The zero-order valence-corrected chi connectivity index (χ0v) is 17.9. The summed E-state index contributed by atoms with van der Waals surface area (Å²) in [7, 11) is 7.00. The quantitative estimate of drug-likeness (QED) is 0.742. The lowest BCUT2D eigenvalue weighted by atomic mass is 9.58. The van der Waals surface area contributed by atoms with Crippen molar-refractivity contribution in [3.8, 4) is 0 Å². The summed E-state index contributed by atoms with van der Waals surface area (Å²) in [4.78, 5) is 5.25. The van der Waals surface area contributed by atoms with Crippen molar-refractivity contribution >= 4 is 27.3 Å². The predicted molar refractivity (Wildman–Crippen MR) is 120 cm³/mol. The van der Waals surface area contributed by atoms with Crippen LogP contribution >= 0.6 is 11.6 Å². The molecule has 4 rings (SSSR count). The number of fused-ring (bicyclic) bond motifs is 1. The van der Waals surface area contributed by atoms with Gasteiger partial charge in [-0.25, -0.2) is 0 Å². The van der Waals surface area contributed by atoms with Gasteiger partial charge < -0.3 is 4.90 Å². The van der Waals surface area contributed by atoms with Crippen LogP contribution in [0.25, 0.3) is 0 Å². The van der Waals surface area contributed by atoms with Gasteiger partial charge in [0.15, 0.2) is 0 Å². The molecule has 0 unspecified atom stereocenters. The third-order valence-electron chi connectivity index (χ3n) is 6.88. The fourth-order valence-electron chi connectivity index (χ4n) is 5.28. The van der Waals surface area contributed by atoms with Gasteiger partial charge >= 0.3 is 0 Å². The maximum Gasteiger partial charge on any atom is 0.118 e. The molecule has 0 N–H and O–H groups in total. The Bertz CT molecular complexity index is 819. The van der Waals surface area contributed by atoms with Crippen LogP contribution in [-0.4, -0.2) is 56.5 Å². The molecular weight excluding hydrogens is 349 g/mol. The largest absolute Gasteiger partial charge is 0.309 e. The van der Waals surface area contributed by atoms with E-state index in [2.05, 4.69) is 94.9 Å². The van der Waals surface area contributed by atoms with Gasteiger partial charge in [0.25, 0.3) is 0 Å². The summed E-state index contributed by atoms with van der Waals surface area (Å²) in [5, 5.41) is 0.991. The summed E-state index contributed by atoms with van der Waals surface area (Å²) in [6.45, 7) is 6.88. The lowest BCUT2D eigenvalue weighted by Gasteiger charge is -2.56. The van der Waals surface area contributed by atoms with E-state index in [1.165, 1.54) is 16.7 Å². The number of hydrogen-bond donors (Lipinski definition) is 0. The van der Waals surface area contributed by atoms with Crippen LogP contribution in [0.3, 0.4) is 0 Å². The first kappa shape index (κ1) is 19.1. The molecule has 140 valence electrons. The predicted octanol–water partition coefficient (Wildman–Crippen LogP) is 2.86. The fourth-order valence-corrected chi connectivity index (χ4v) is 5.46. The van der Waals surface area contributed by atoms with Gasteiger partial charge in [-0.2, -0.15) is 0 Å². The molecule has 2 aromatic rings. The van der Waals surface area contributed by atoms with Crippen LogP contribution in [0.1, 0.15) is 48.9 Å². The Labute approximate surface area is 170 Å². The van der Waals surface area contributed by atoms with Gasteiger partial charge in [0.1, 0.15) is 15.7 Å². The zero-order chi connectivity index (χ0) is 19.4. The number of hydrogen-bond acceptors (Lipinski definition) is 2. The number of benzene rings is 2. The third-order valence-corrected chi connectivity index (χ3v) is 7.12. The van der Waals surface area contributed by atoms with E-state index in [1.54, 1.807) is 0 Å². The van der Waals surface area contributed by atoms with E-state index in [0.29, 0.717) is 12.0 Å². The molecule has 2 aliphatic rings. The Morgan fingerprint density at radius 2 is 1.70 bits per heavy atom. The molecule has 0 radical (unpaired) electrons. The summed E-state index contributed by atoms with van der Waals surface area (Å²) in [6, 6.07) is 17.9. The molecule has 5 heteroatoms. The van der Waals surface area contributed by atoms with E-state index in [1.807, 2.05) is 0 Å². The molecule has 27 heavy (non-hydrogen) atoms. The van der Waals surface area contributed by atoms with Gasteiger partial charge in [-0.1, -0.05) is 48.0 Å². The van der Waals surface area contributed by atoms with Crippen LogP contribution < -0.4 is 0 Å². The highest BCUT2D eigenvalue weighted by atomic mass is 35.5. The number of nitrogens with zero attached hydrogens (tertiary/aromatic N) is 2. The van der Waals surface area contributed by atoms with Crippen molar-refractivity contribution in [2.75, 3.05) is 20.1 Å². The lowest BCUT2D eigenvalue weighted by molar-refractivity contribution is -0.0144. The maximum absolute atomic E-state index is 6.43. The Morgan fingerprint density at radius 1 is 1.00 bits per heavy atom. The summed E-state index contributed by atoms with van der Waals surface area (Å²) in [5.41, 5.74) is 4.43. The Morgan fingerprint density at radius 3 is 2.37 bits per heavy atom. The molecule has 1 heterocycles. The normalized spacial score (nSPS) is 27.4. The second kappa shape index (κ2) is 6.69. The van der Waals surface area contributed by atoms with E-state index in [4.69, 9.17) is 11.6 Å². The molecule has 1 aliphatic carbocycles. The molecule has 1 aliphatic heterocycles. The van der Waals surface area contributed by atoms with Crippen LogP contribution in [0.5, 0.6) is 0 Å². The van der Waals surface area contributed by atoms with Gasteiger partial charge in [-0.05, 0) is 61.5 Å². The lowest BCUT2D eigenvalue weighted by Crippen LogP contribution is -2.70. The summed E-state index contributed by atoms with van der Waals surface area (Å²) < 4.78 is 0. The van der Waals surface area contributed by atoms with Gasteiger partial charge in [0.05, 0.1) is 0 Å². The minimum Gasteiger partial charge on any atom is -0.309 e. The SMILES string of the molecule is BC1(B)CN([C@@H]2C[C@@H](c3ccccc3)c3ccc(Cl)cc32)CC(C)(C)N1C. The molecule has 1 fully saturated rings. The van der Waals surface area contributed by atoms with E-state index < -0.39 is 0 Å². The van der Waals surface area contributed by atoms with Crippen molar-refractivity contribution in [1.82, 2.24) is 9.80 Å². The Balaban J connectivity index is 1.73. The number of rotatable bonds is 2. The summed E-state index contributed by atoms with van der Waals surface area (Å²) in [5.74, 6) is 0.453. The van der Waals surface area contributed by atoms with Crippen LogP contribution in [0, 0.1) is 0 Å². The second-order valence-electron chi connectivity index (χ2n) is 9.58. The molecular formula is C22H29B2ClN2. The highest BCUT2D eigenvalue weighted by Crippen LogP contribution is 2.49. The second-order valence-corrected chi connectivity index (χ2v) is 10.0. The molecule has 2 nitrogen and oxygen atoms in total. The van der Waals surface area contributed by atoms with Crippen molar-refractivity contribution in [3.63, 3.8) is 0 Å². The average molecular weight is 379 g/mol. The van der Waals surface area contributed by atoms with E-state index in [9.17, 15) is 0 Å². The first-order chi connectivity index (χ1) is 12.7. The van der Waals surface area contributed by atoms with Gasteiger partial charge in [0.2, 0.25) is 0 Å². The van der Waals surface area contributed by atoms with E-state index >= 15 is 0 Å². The topological polar surface area (TPSA) is 6.48 Å². The summed E-state index contributed by atoms with van der Waals surface area (Å²) >= 11 is 6.43. The standard InChI is InChI=1S/C22H29B2ClN2/c1-21(2)13-27(14-22(23,24)26(21)3)20-12-18(15-7-5-4-6-8-15)17-10-9-16(25)11-19(17)20/h4-11,18,20H,12-14,23-24H2,1-3H3/t18-,20+/m0/s1. The average Bonchev–Trinajstić information content (AvgIpc) is 2.98. The number of piperazine rings is 1. The monoisotopic (exact) mass is 378 g/mol. The van der Waals surface area contributed by atoms with Gasteiger partial charge in [-0.3, -0.25) is 4.90 Å². The summed E-state index contributed by atoms with van der Waals surface area (Å²) in [6.07, 6.45) is 1.13. The van der Waals surface area contributed by atoms with Crippen molar-refractivity contribution in [3.05, 3.63) is 70.2 Å². The highest BCUT2D eigenvalue weighted by molar-refractivity contribution is 6.40. The van der Waals surface area contributed by atoms with Gasteiger partial charge in [0, 0.05) is 35.6 Å². The van der Waals surface area contributed by atoms with Crippen molar-refractivity contribution in [1.29, 1.82) is 0 Å². The molecule has 0 bridgehead atoms. The van der Waals surface area contributed by atoms with Crippen LogP contribution in [0.2, 0.25) is 5.02 Å². The van der Waals surface area contributed by atoms with Crippen LogP contribution in [0.15, 0.2) is 48.5 Å². The van der Waals surface area contributed by atoms with E-state index in [0.717, 1.165) is 24.5 Å². The molecule has 2 aromatic carbocycles. The maximum atomic E-state index is 6.43. The fraction of sp³-hybridized carbons (Fsp3) is 0.455. The van der Waals surface area contributed by atoms with Crippen LogP contribution in [-0.2, 0) is 0 Å². The van der Waals surface area contributed by atoms with Gasteiger partial charge in [-0.15, -0.1) is 0 Å². The molecule has 0 aromatic heterocycles. The third kappa shape index (κ3) is 3.37. The highest BCUT2D eigenvalue weighted by Gasteiger charge is 2.46. The van der Waals surface area contributed by atoms with E-state index in [-0.39, 0.29) is 10.9 Å². The molecule has 0 spiro atoms.